The van der Waals surface area contributed by atoms with Gasteiger partial charge in [-0.3, -0.25) is 4.79 Å². The molecular formula is C16H14N2O2. The molecule has 0 fully saturated rings. The van der Waals surface area contributed by atoms with Crippen molar-refractivity contribution in [3.05, 3.63) is 47.5 Å². The zero-order chi connectivity index (χ0) is 13.5. The summed E-state index contributed by atoms with van der Waals surface area (Å²) in [4.78, 5) is 11.9. The molecular weight excluding hydrogens is 252 g/mol. The molecule has 2 heterocycles. The second kappa shape index (κ2) is 4.34. The lowest BCUT2D eigenvalue weighted by molar-refractivity contribution is -0.132. The number of fused-ring (bicyclic) bond motifs is 3. The van der Waals surface area contributed by atoms with Crippen molar-refractivity contribution in [1.29, 1.82) is 0 Å². The summed E-state index contributed by atoms with van der Waals surface area (Å²) >= 11 is 0. The third kappa shape index (κ3) is 1.84. The van der Waals surface area contributed by atoms with Crippen molar-refractivity contribution in [3.8, 4) is 0 Å². The Morgan fingerprint density at radius 3 is 2.60 bits per heavy atom. The molecule has 4 heteroatoms. The predicted molar refractivity (Wildman–Crippen MR) is 76.0 cm³/mol. The van der Waals surface area contributed by atoms with Crippen LogP contribution in [0.5, 0.6) is 0 Å². The molecule has 2 aliphatic heterocycles. The maximum absolute atomic E-state index is 11.9. The second-order valence-electron chi connectivity index (χ2n) is 5.20. The number of nitrogens with zero attached hydrogens (tertiary/aromatic N) is 2. The first-order valence-corrected chi connectivity index (χ1v) is 6.81. The fraction of sp³-hybridized carbons (Fsp3) is 0.250. The third-order valence-electron chi connectivity index (χ3n) is 3.86. The Kier molecular flexibility index (Phi) is 2.49. The maximum atomic E-state index is 11.9. The molecule has 0 atom stereocenters. The molecule has 4 nitrogen and oxygen atoms in total. The van der Waals surface area contributed by atoms with Gasteiger partial charge in [0, 0.05) is 12.8 Å². The number of amides is 1. The van der Waals surface area contributed by atoms with Gasteiger partial charge in [0.05, 0.1) is 6.54 Å². The summed E-state index contributed by atoms with van der Waals surface area (Å²) in [5, 5.41) is 8.19. The Hall–Kier alpha value is -2.36. The van der Waals surface area contributed by atoms with E-state index >= 15 is 0 Å². The van der Waals surface area contributed by atoms with Crippen molar-refractivity contribution < 1.29 is 9.53 Å². The quantitative estimate of drug-likeness (QED) is 0.735. The lowest BCUT2D eigenvalue weighted by Crippen LogP contribution is -2.33. The van der Waals surface area contributed by atoms with Crippen LogP contribution in [0.3, 0.4) is 0 Å². The van der Waals surface area contributed by atoms with E-state index in [1.54, 1.807) is 0 Å². The third-order valence-corrected chi connectivity index (χ3v) is 3.86. The molecule has 2 aromatic rings. The molecule has 2 bridgehead atoms. The number of hydrogen-bond donors (Lipinski definition) is 0. The molecule has 2 aliphatic rings. The van der Waals surface area contributed by atoms with Gasteiger partial charge < -0.3 is 4.74 Å². The Balaban J connectivity index is 1.83. The van der Waals surface area contributed by atoms with Crippen molar-refractivity contribution in [3.63, 3.8) is 0 Å². The van der Waals surface area contributed by atoms with Gasteiger partial charge in [0.25, 0.3) is 0 Å². The summed E-state index contributed by atoms with van der Waals surface area (Å²) in [6.07, 6.45) is 1.10. The van der Waals surface area contributed by atoms with Gasteiger partial charge in [-0.25, -0.2) is 5.01 Å². The van der Waals surface area contributed by atoms with E-state index in [1.807, 2.05) is 12.1 Å². The molecule has 1 amide bonds. The number of hydrogen-bond acceptors (Lipinski definition) is 3. The van der Waals surface area contributed by atoms with Crippen molar-refractivity contribution in [2.75, 3.05) is 0 Å². The van der Waals surface area contributed by atoms with Gasteiger partial charge in [-0.05, 0) is 34.0 Å². The van der Waals surface area contributed by atoms with Crippen LogP contribution in [0.25, 0.3) is 10.8 Å². The van der Waals surface area contributed by atoms with Gasteiger partial charge in [-0.2, -0.15) is 0 Å². The molecule has 0 radical (unpaired) electrons. The second-order valence-corrected chi connectivity index (χ2v) is 5.20. The summed E-state index contributed by atoms with van der Waals surface area (Å²) < 4.78 is 5.73. The molecule has 2 aromatic carbocycles. The highest BCUT2D eigenvalue weighted by molar-refractivity contribution is 5.89. The number of carbonyl (C=O) groups is 1. The average molecular weight is 266 g/mol. The molecule has 0 saturated heterocycles. The summed E-state index contributed by atoms with van der Waals surface area (Å²) in [7, 11) is 0. The summed E-state index contributed by atoms with van der Waals surface area (Å²) in [6, 6.07) is 12.5. The lowest BCUT2D eigenvalue weighted by atomic mass is 10.0. The molecule has 4 rings (SSSR count). The van der Waals surface area contributed by atoms with E-state index in [-0.39, 0.29) is 5.91 Å². The number of benzene rings is 2. The number of carbonyl (C=O) groups excluding carboxylic acids is 1. The average Bonchev–Trinajstić information content (AvgIpc) is 2.46. The van der Waals surface area contributed by atoms with Gasteiger partial charge in [0.2, 0.25) is 11.8 Å². The highest BCUT2D eigenvalue weighted by Gasteiger charge is 2.24. The van der Waals surface area contributed by atoms with Crippen LogP contribution in [0.15, 0.2) is 41.5 Å². The normalized spacial score (nSPS) is 17.9. The minimum Gasteiger partial charge on any atom is -0.475 e. The van der Waals surface area contributed by atoms with Crippen LogP contribution in [0.4, 0.5) is 0 Å². The molecule has 100 valence electrons. The highest BCUT2D eigenvalue weighted by atomic mass is 16.5. The van der Waals surface area contributed by atoms with Gasteiger partial charge in [0.15, 0.2) is 0 Å². The molecule has 0 aromatic heterocycles. The zero-order valence-corrected chi connectivity index (χ0v) is 11.0. The zero-order valence-electron chi connectivity index (χ0n) is 11.0. The fourth-order valence-corrected chi connectivity index (χ4v) is 2.75. The molecule has 0 N–H and O–H groups in total. The smallest absolute Gasteiger partial charge is 0.243 e. The Bertz CT molecular complexity index is 736. The first kappa shape index (κ1) is 11.5. The van der Waals surface area contributed by atoms with Crippen molar-refractivity contribution in [2.45, 2.75) is 26.0 Å². The van der Waals surface area contributed by atoms with Crippen LogP contribution in [0, 0.1) is 0 Å². The van der Waals surface area contributed by atoms with Crippen LogP contribution in [-0.4, -0.2) is 16.8 Å². The number of rotatable bonds is 0. The van der Waals surface area contributed by atoms with Crippen LogP contribution < -0.4 is 0 Å². The van der Waals surface area contributed by atoms with E-state index in [4.69, 9.17) is 4.74 Å². The molecule has 0 unspecified atom stereocenters. The van der Waals surface area contributed by atoms with Crippen LogP contribution >= 0.6 is 0 Å². The largest absolute Gasteiger partial charge is 0.475 e. The minimum absolute atomic E-state index is 0.0679. The summed E-state index contributed by atoms with van der Waals surface area (Å²) in [6.45, 7) is 1.06. The van der Waals surface area contributed by atoms with E-state index in [1.165, 1.54) is 15.8 Å². The van der Waals surface area contributed by atoms with Gasteiger partial charge >= 0.3 is 0 Å². The van der Waals surface area contributed by atoms with E-state index < -0.39 is 0 Å². The highest BCUT2D eigenvalue weighted by Crippen LogP contribution is 2.26. The number of hydrazone groups is 1. The summed E-state index contributed by atoms with van der Waals surface area (Å²) in [5.41, 5.74) is 2.25. The topological polar surface area (TPSA) is 41.9 Å². The van der Waals surface area contributed by atoms with Crippen LogP contribution in [0.1, 0.15) is 24.0 Å². The SMILES string of the molecule is O=C1CCC2=NN1Cc1cc3ccccc3cc1CO2. The van der Waals surface area contributed by atoms with Crippen molar-refractivity contribution >= 4 is 22.6 Å². The van der Waals surface area contributed by atoms with E-state index in [0.717, 1.165) is 11.1 Å². The van der Waals surface area contributed by atoms with Gasteiger partial charge in [-0.1, -0.05) is 24.3 Å². The minimum atomic E-state index is 0.0679. The lowest BCUT2D eigenvalue weighted by Gasteiger charge is -2.27. The fourth-order valence-electron chi connectivity index (χ4n) is 2.75. The van der Waals surface area contributed by atoms with Crippen LogP contribution in [0.2, 0.25) is 0 Å². The summed E-state index contributed by atoms with van der Waals surface area (Å²) in [5.74, 6) is 0.738. The van der Waals surface area contributed by atoms with Gasteiger partial charge in [0.1, 0.15) is 6.61 Å². The Labute approximate surface area is 116 Å². The van der Waals surface area contributed by atoms with Crippen LogP contribution in [-0.2, 0) is 22.7 Å². The molecule has 0 saturated carbocycles. The molecule has 0 aliphatic carbocycles. The van der Waals surface area contributed by atoms with E-state index in [9.17, 15) is 4.79 Å². The van der Waals surface area contributed by atoms with Gasteiger partial charge in [-0.15, -0.1) is 5.10 Å². The van der Waals surface area contributed by atoms with Crippen molar-refractivity contribution in [1.82, 2.24) is 5.01 Å². The molecule has 20 heavy (non-hydrogen) atoms. The Morgan fingerprint density at radius 2 is 1.80 bits per heavy atom. The molecule has 0 spiro atoms. The standard InChI is InChI=1S/C16H14N2O2/c19-16-6-5-15-17-18(16)9-13-7-11-3-1-2-4-12(11)8-14(13)10-20-15/h1-4,7-8H,5-6,9-10H2. The number of ether oxygens (including phenoxy) is 1. The van der Waals surface area contributed by atoms with E-state index in [2.05, 4.69) is 29.4 Å². The predicted octanol–water partition coefficient (Wildman–Crippen LogP) is 2.81. The van der Waals surface area contributed by atoms with E-state index in [0.29, 0.717) is 31.9 Å². The first-order valence-electron chi connectivity index (χ1n) is 6.81. The first-order chi connectivity index (χ1) is 9.79. The maximum Gasteiger partial charge on any atom is 0.243 e. The van der Waals surface area contributed by atoms with Crippen molar-refractivity contribution in [2.24, 2.45) is 5.10 Å². The monoisotopic (exact) mass is 266 g/mol. The Morgan fingerprint density at radius 1 is 1.05 bits per heavy atom.